The lowest BCUT2D eigenvalue weighted by Crippen LogP contribution is -2.34. The zero-order valence-corrected chi connectivity index (χ0v) is 16.0. The van der Waals surface area contributed by atoms with Crippen LogP contribution < -0.4 is 16.0 Å². The van der Waals surface area contributed by atoms with Crippen molar-refractivity contribution >= 4 is 34.8 Å². The van der Waals surface area contributed by atoms with Gasteiger partial charge in [0, 0.05) is 16.8 Å². The van der Waals surface area contributed by atoms with Crippen molar-refractivity contribution in [3.63, 3.8) is 0 Å². The SMILES string of the molecule is Cc1cccc(C(=O)NC(=S)Nc2cccc(C(=O)NCc3ccco3)c2)c1. The molecule has 0 unspecified atom stereocenters. The van der Waals surface area contributed by atoms with Crippen LogP contribution in [0.3, 0.4) is 0 Å². The van der Waals surface area contributed by atoms with Gasteiger partial charge in [-0.1, -0.05) is 23.8 Å². The summed E-state index contributed by atoms with van der Waals surface area (Å²) in [6.45, 7) is 2.21. The molecular weight excluding hydrogens is 374 g/mol. The van der Waals surface area contributed by atoms with Crippen LogP contribution in [0.2, 0.25) is 0 Å². The van der Waals surface area contributed by atoms with Gasteiger partial charge in [0.05, 0.1) is 12.8 Å². The molecule has 1 heterocycles. The van der Waals surface area contributed by atoms with Crippen LogP contribution in [-0.2, 0) is 6.54 Å². The largest absolute Gasteiger partial charge is 0.467 e. The second kappa shape index (κ2) is 8.96. The molecule has 3 N–H and O–H groups in total. The van der Waals surface area contributed by atoms with Crippen molar-refractivity contribution in [2.45, 2.75) is 13.5 Å². The Bertz CT molecular complexity index is 1000. The Labute approximate surface area is 167 Å². The maximum Gasteiger partial charge on any atom is 0.257 e. The predicted octanol–water partition coefficient (Wildman–Crippen LogP) is 3.64. The maximum atomic E-state index is 12.3. The summed E-state index contributed by atoms with van der Waals surface area (Å²) in [6.07, 6.45) is 1.55. The lowest BCUT2D eigenvalue weighted by molar-refractivity contribution is 0.0946. The van der Waals surface area contributed by atoms with E-state index >= 15 is 0 Å². The molecule has 0 spiro atoms. The number of carbonyl (C=O) groups excluding carboxylic acids is 2. The van der Waals surface area contributed by atoms with E-state index < -0.39 is 0 Å². The Morgan fingerprint density at radius 1 is 0.964 bits per heavy atom. The first-order valence-electron chi connectivity index (χ1n) is 8.61. The summed E-state index contributed by atoms with van der Waals surface area (Å²) in [5.74, 6) is 0.131. The van der Waals surface area contributed by atoms with E-state index in [9.17, 15) is 9.59 Å². The Hall–Kier alpha value is -3.45. The quantitative estimate of drug-likeness (QED) is 0.577. The van der Waals surface area contributed by atoms with Gasteiger partial charge >= 0.3 is 0 Å². The average molecular weight is 393 g/mol. The highest BCUT2D eigenvalue weighted by molar-refractivity contribution is 7.80. The molecule has 3 aromatic rings. The van der Waals surface area contributed by atoms with Crippen molar-refractivity contribution in [2.24, 2.45) is 0 Å². The fraction of sp³-hybridized carbons (Fsp3) is 0.0952. The number of furan rings is 1. The predicted molar refractivity (Wildman–Crippen MR) is 111 cm³/mol. The molecule has 0 aliphatic carbocycles. The minimum Gasteiger partial charge on any atom is -0.467 e. The van der Waals surface area contributed by atoms with Gasteiger partial charge in [0.15, 0.2) is 5.11 Å². The van der Waals surface area contributed by atoms with Crippen molar-refractivity contribution in [1.29, 1.82) is 0 Å². The zero-order valence-electron chi connectivity index (χ0n) is 15.2. The number of anilines is 1. The average Bonchev–Trinajstić information content (AvgIpc) is 3.20. The van der Waals surface area contributed by atoms with Gasteiger partial charge in [0.25, 0.3) is 11.8 Å². The normalized spacial score (nSPS) is 10.2. The highest BCUT2D eigenvalue weighted by Gasteiger charge is 2.10. The van der Waals surface area contributed by atoms with Crippen molar-refractivity contribution in [2.75, 3.05) is 5.32 Å². The number of nitrogens with one attached hydrogen (secondary N) is 3. The van der Waals surface area contributed by atoms with Crippen LogP contribution >= 0.6 is 12.2 Å². The van der Waals surface area contributed by atoms with Crippen LogP contribution in [0.25, 0.3) is 0 Å². The lowest BCUT2D eigenvalue weighted by Gasteiger charge is -2.11. The summed E-state index contributed by atoms with van der Waals surface area (Å²) >= 11 is 5.20. The lowest BCUT2D eigenvalue weighted by atomic mass is 10.1. The molecule has 0 fully saturated rings. The van der Waals surface area contributed by atoms with E-state index in [0.29, 0.717) is 29.1 Å². The summed E-state index contributed by atoms with van der Waals surface area (Å²) in [5.41, 5.74) is 2.57. The van der Waals surface area contributed by atoms with Gasteiger partial charge < -0.3 is 15.1 Å². The van der Waals surface area contributed by atoms with Crippen LogP contribution in [0.15, 0.2) is 71.3 Å². The summed E-state index contributed by atoms with van der Waals surface area (Å²) < 4.78 is 5.19. The van der Waals surface area contributed by atoms with E-state index in [1.54, 1.807) is 54.8 Å². The molecule has 0 aliphatic rings. The molecule has 0 aliphatic heterocycles. The highest BCUT2D eigenvalue weighted by Crippen LogP contribution is 2.11. The molecule has 1 aromatic heterocycles. The summed E-state index contributed by atoms with van der Waals surface area (Å²) in [7, 11) is 0. The Kier molecular flexibility index (Phi) is 6.18. The third-order valence-corrected chi connectivity index (χ3v) is 4.10. The van der Waals surface area contributed by atoms with Gasteiger partial charge in [-0.05, 0) is 61.6 Å². The molecule has 0 saturated carbocycles. The first-order chi connectivity index (χ1) is 13.5. The number of thiocarbonyl (C=S) groups is 1. The summed E-state index contributed by atoms with van der Waals surface area (Å²) in [5, 5.41) is 8.49. The number of rotatable bonds is 5. The van der Waals surface area contributed by atoms with Crippen molar-refractivity contribution in [3.8, 4) is 0 Å². The van der Waals surface area contributed by atoms with Crippen LogP contribution in [0, 0.1) is 6.92 Å². The highest BCUT2D eigenvalue weighted by atomic mass is 32.1. The number of amides is 2. The molecule has 0 bridgehead atoms. The Balaban J connectivity index is 1.58. The molecule has 28 heavy (non-hydrogen) atoms. The number of benzene rings is 2. The Morgan fingerprint density at radius 3 is 2.43 bits per heavy atom. The summed E-state index contributed by atoms with van der Waals surface area (Å²) in [4.78, 5) is 24.5. The number of carbonyl (C=O) groups is 2. The molecule has 0 radical (unpaired) electrons. The van der Waals surface area contributed by atoms with Crippen molar-refractivity contribution in [1.82, 2.24) is 10.6 Å². The van der Waals surface area contributed by atoms with E-state index in [-0.39, 0.29) is 16.9 Å². The van der Waals surface area contributed by atoms with Gasteiger partial charge in [-0.2, -0.15) is 0 Å². The fourth-order valence-electron chi connectivity index (χ4n) is 2.54. The third-order valence-electron chi connectivity index (χ3n) is 3.89. The van der Waals surface area contributed by atoms with Crippen molar-refractivity contribution < 1.29 is 14.0 Å². The minimum absolute atomic E-state index is 0.152. The molecule has 0 saturated heterocycles. The van der Waals surface area contributed by atoms with E-state index in [2.05, 4.69) is 16.0 Å². The molecule has 0 atom stereocenters. The van der Waals surface area contributed by atoms with Gasteiger partial charge in [-0.15, -0.1) is 0 Å². The Morgan fingerprint density at radius 2 is 1.71 bits per heavy atom. The number of hydrogen-bond acceptors (Lipinski definition) is 4. The molecule has 142 valence electrons. The number of hydrogen-bond donors (Lipinski definition) is 3. The first kappa shape index (κ1) is 19.3. The maximum absolute atomic E-state index is 12.3. The third kappa shape index (κ3) is 5.28. The molecule has 7 heteroatoms. The molecule has 2 amide bonds. The molecule has 2 aromatic carbocycles. The first-order valence-corrected chi connectivity index (χ1v) is 9.02. The summed E-state index contributed by atoms with van der Waals surface area (Å²) in [6, 6.07) is 17.6. The van der Waals surface area contributed by atoms with Gasteiger partial charge in [-0.3, -0.25) is 14.9 Å². The van der Waals surface area contributed by atoms with Gasteiger partial charge in [-0.25, -0.2) is 0 Å². The van der Waals surface area contributed by atoms with Crippen molar-refractivity contribution in [3.05, 3.63) is 89.4 Å². The molecular formula is C21H19N3O3S. The van der Waals surface area contributed by atoms with E-state index in [1.807, 2.05) is 19.1 Å². The molecule has 6 nitrogen and oxygen atoms in total. The second-order valence-electron chi connectivity index (χ2n) is 6.12. The van der Waals surface area contributed by atoms with Gasteiger partial charge in [0.2, 0.25) is 0 Å². The van der Waals surface area contributed by atoms with Crippen LogP contribution in [0.4, 0.5) is 5.69 Å². The monoisotopic (exact) mass is 393 g/mol. The van der Waals surface area contributed by atoms with E-state index in [1.165, 1.54) is 0 Å². The van der Waals surface area contributed by atoms with E-state index in [4.69, 9.17) is 16.6 Å². The molecule has 3 rings (SSSR count). The van der Waals surface area contributed by atoms with E-state index in [0.717, 1.165) is 5.56 Å². The van der Waals surface area contributed by atoms with Crippen LogP contribution in [-0.4, -0.2) is 16.9 Å². The second-order valence-corrected chi connectivity index (χ2v) is 6.53. The topological polar surface area (TPSA) is 83.4 Å². The standard InChI is InChI=1S/C21H19N3O3S/c1-14-5-2-6-15(11-14)20(26)24-21(28)23-17-8-3-7-16(12-17)19(25)22-13-18-9-4-10-27-18/h2-12H,13H2,1H3,(H,22,25)(H2,23,24,26,28). The number of aryl methyl sites for hydroxylation is 1. The fourth-order valence-corrected chi connectivity index (χ4v) is 2.76. The van der Waals surface area contributed by atoms with Crippen LogP contribution in [0.1, 0.15) is 32.0 Å². The smallest absolute Gasteiger partial charge is 0.257 e. The zero-order chi connectivity index (χ0) is 19.9. The van der Waals surface area contributed by atoms with Crippen LogP contribution in [0.5, 0.6) is 0 Å². The van der Waals surface area contributed by atoms with Gasteiger partial charge in [0.1, 0.15) is 5.76 Å². The minimum atomic E-state index is -0.298.